The molecule has 0 aliphatic carbocycles. The van der Waals surface area contributed by atoms with Crippen LogP contribution >= 0.6 is 81.5 Å². The van der Waals surface area contributed by atoms with E-state index in [1.165, 1.54) is 23.5 Å². The molecule has 19 heavy (non-hydrogen) atoms. The zero-order valence-corrected chi connectivity index (χ0v) is 14.4. The lowest BCUT2D eigenvalue weighted by atomic mass is 10.3. The Kier molecular flexibility index (Phi) is 4.14. The molecule has 0 radical (unpaired) electrons. The van der Waals surface area contributed by atoms with Gasteiger partial charge in [0.15, 0.2) is 0 Å². The third kappa shape index (κ3) is 2.57. The first-order chi connectivity index (χ1) is 8.97. The SMILES string of the molecule is Clc1cc2c(cc1Cl)Sc1c(Cl)c(Cl)cc(Cl)c1S2. The summed E-state index contributed by atoms with van der Waals surface area (Å²) in [4.78, 5) is 3.75. The van der Waals surface area contributed by atoms with Gasteiger partial charge in [0.25, 0.3) is 0 Å². The molecular formula is C12H3Cl5S2. The molecule has 0 aromatic heterocycles. The van der Waals surface area contributed by atoms with Crippen molar-refractivity contribution in [2.75, 3.05) is 0 Å². The van der Waals surface area contributed by atoms with E-state index in [1.54, 1.807) is 6.07 Å². The van der Waals surface area contributed by atoms with E-state index >= 15 is 0 Å². The Morgan fingerprint density at radius 1 is 0.579 bits per heavy atom. The van der Waals surface area contributed by atoms with E-state index in [0.717, 1.165) is 19.6 Å². The molecule has 0 amide bonds. The quantitative estimate of drug-likeness (QED) is 0.364. The Balaban J connectivity index is 2.19. The monoisotopic (exact) mass is 386 g/mol. The highest BCUT2D eigenvalue weighted by Crippen LogP contribution is 2.55. The molecule has 0 fully saturated rings. The number of hydrogen-bond donors (Lipinski definition) is 0. The highest BCUT2D eigenvalue weighted by molar-refractivity contribution is 8.05. The third-order valence-electron chi connectivity index (χ3n) is 2.50. The fourth-order valence-electron chi connectivity index (χ4n) is 1.63. The van der Waals surface area contributed by atoms with Gasteiger partial charge in [-0.2, -0.15) is 0 Å². The zero-order chi connectivity index (χ0) is 13.7. The molecule has 0 bridgehead atoms. The lowest BCUT2D eigenvalue weighted by Gasteiger charge is -2.21. The van der Waals surface area contributed by atoms with Gasteiger partial charge in [0.2, 0.25) is 0 Å². The number of rotatable bonds is 0. The normalized spacial score (nSPS) is 13.1. The second-order valence-corrected chi connectivity index (χ2v) is 7.84. The average molecular weight is 389 g/mol. The molecule has 1 heterocycles. The average Bonchev–Trinajstić information content (AvgIpc) is 2.36. The Hall–Kier alpha value is 0.590. The first kappa shape index (κ1) is 14.5. The highest BCUT2D eigenvalue weighted by Gasteiger charge is 2.24. The fraction of sp³-hybridized carbons (Fsp3) is 0. The van der Waals surface area contributed by atoms with Crippen LogP contribution in [0, 0.1) is 0 Å². The number of fused-ring (bicyclic) bond motifs is 2. The molecule has 0 unspecified atom stereocenters. The summed E-state index contributed by atoms with van der Waals surface area (Å²) in [6.45, 7) is 0. The lowest BCUT2D eigenvalue weighted by molar-refractivity contribution is 1.16. The van der Waals surface area contributed by atoms with E-state index < -0.39 is 0 Å². The molecule has 7 heteroatoms. The van der Waals surface area contributed by atoms with Crippen molar-refractivity contribution in [3.63, 3.8) is 0 Å². The van der Waals surface area contributed by atoms with Crippen molar-refractivity contribution in [3.8, 4) is 0 Å². The van der Waals surface area contributed by atoms with Crippen molar-refractivity contribution >= 4 is 81.5 Å². The van der Waals surface area contributed by atoms with Crippen molar-refractivity contribution < 1.29 is 0 Å². The molecule has 0 spiro atoms. The first-order valence-electron chi connectivity index (χ1n) is 4.99. The van der Waals surface area contributed by atoms with Gasteiger partial charge in [-0.1, -0.05) is 81.5 Å². The molecule has 2 aromatic carbocycles. The Labute approximate surface area is 143 Å². The molecular weight excluding hydrogens is 386 g/mol. The smallest absolute Gasteiger partial charge is 0.0744 e. The molecule has 98 valence electrons. The van der Waals surface area contributed by atoms with Crippen LogP contribution in [0.25, 0.3) is 0 Å². The minimum atomic E-state index is 0.446. The van der Waals surface area contributed by atoms with Crippen molar-refractivity contribution in [2.45, 2.75) is 19.6 Å². The Morgan fingerprint density at radius 3 is 1.68 bits per heavy atom. The highest BCUT2D eigenvalue weighted by atomic mass is 35.5. The minimum Gasteiger partial charge on any atom is -0.0860 e. The molecule has 0 saturated carbocycles. The van der Waals surface area contributed by atoms with Gasteiger partial charge < -0.3 is 0 Å². The van der Waals surface area contributed by atoms with E-state index in [0.29, 0.717) is 25.1 Å². The lowest BCUT2D eigenvalue weighted by Crippen LogP contribution is -1.92. The summed E-state index contributed by atoms with van der Waals surface area (Å²) >= 11 is 33.6. The van der Waals surface area contributed by atoms with Crippen LogP contribution in [0.2, 0.25) is 25.1 Å². The fourth-order valence-corrected chi connectivity index (χ4v) is 5.47. The van der Waals surface area contributed by atoms with Crippen molar-refractivity contribution in [3.05, 3.63) is 43.3 Å². The minimum absolute atomic E-state index is 0.446. The maximum absolute atomic E-state index is 6.24. The molecule has 0 saturated heterocycles. The van der Waals surface area contributed by atoms with Crippen LogP contribution in [0.5, 0.6) is 0 Å². The van der Waals surface area contributed by atoms with Crippen LogP contribution in [0.1, 0.15) is 0 Å². The predicted molar refractivity (Wildman–Crippen MR) is 86.2 cm³/mol. The van der Waals surface area contributed by atoms with Crippen LogP contribution < -0.4 is 0 Å². The van der Waals surface area contributed by atoms with Crippen molar-refractivity contribution in [1.82, 2.24) is 0 Å². The van der Waals surface area contributed by atoms with Crippen LogP contribution in [-0.4, -0.2) is 0 Å². The third-order valence-corrected chi connectivity index (χ3v) is 7.14. The summed E-state index contributed by atoms with van der Waals surface area (Å²) < 4.78 is 0. The molecule has 1 aliphatic heterocycles. The van der Waals surface area contributed by atoms with Crippen LogP contribution in [0.15, 0.2) is 37.8 Å². The van der Waals surface area contributed by atoms with Crippen LogP contribution in [0.4, 0.5) is 0 Å². The summed E-state index contributed by atoms with van der Waals surface area (Å²) in [7, 11) is 0. The number of halogens is 5. The van der Waals surface area contributed by atoms with E-state index in [2.05, 4.69) is 0 Å². The second-order valence-electron chi connectivity index (χ2n) is 3.73. The molecule has 2 aromatic rings. The van der Waals surface area contributed by atoms with E-state index in [9.17, 15) is 0 Å². The first-order valence-corrected chi connectivity index (χ1v) is 8.52. The van der Waals surface area contributed by atoms with Gasteiger partial charge in [0.05, 0.1) is 25.1 Å². The van der Waals surface area contributed by atoms with Gasteiger partial charge >= 0.3 is 0 Å². The van der Waals surface area contributed by atoms with Crippen LogP contribution in [-0.2, 0) is 0 Å². The summed E-state index contributed by atoms with van der Waals surface area (Å²) in [5.74, 6) is 0. The van der Waals surface area contributed by atoms with Gasteiger partial charge in [0, 0.05) is 19.6 Å². The Bertz CT molecular complexity index is 699. The summed E-state index contributed by atoms with van der Waals surface area (Å²) in [5, 5.41) is 2.57. The van der Waals surface area contributed by atoms with E-state index in [4.69, 9.17) is 58.0 Å². The molecule has 3 rings (SSSR count). The largest absolute Gasteiger partial charge is 0.0860 e. The number of hydrogen-bond acceptors (Lipinski definition) is 2. The maximum atomic E-state index is 6.24. The standard InChI is InChI=1S/C12H3Cl5S2/c13-4-2-8-9(3-5(4)14)19-12-10(17)6(15)1-7(16)11(12)18-8/h1-3H. The molecule has 0 N–H and O–H groups in total. The van der Waals surface area contributed by atoms with Gasteiger partial charge in [-0.05, 0) is 18.2 Å². The summed E-state index contributed by atoms with van der Waals surface area (Å²) in [5.41, 5.74) is 0. The molecule has 0 nitrogen and oxygen atoms in total. The van der Waals surface area contributed by atoms with Gasteiger partial charge in [-0.15, -0.1) is 0 Å². The predicted octanol–water partition coefficient (Wildman–Crippen LogP) is 7.57. The van der Waals surface area contributed by atoms with Gasteiger partial charge in [-0.25, -0.2) is 0 Å². The molecule has 1 aliphatic rings. The second kappa shape index (κ2) is 5.42. The van der Waals surface area contributed by atoms with Crippen LogP contribution in [0.3, 0.4) is 0 Å². The molecule has 0 atom stereocenters. The van der Waals surface area contributed by atoms with Crippen molar-refractivity contribution in [1.29, 1.82) is 0 Å². The van der Waals surface area contributed by atoms with Gasteiger partial charge in [-0.3, -0.25) is 0 Å². The zero-order valence-electron chi connectivity index (χ0n) is 8.94. The Morgan fingerprint density at radius 2 is 1.11 bits per heavy atom. The van der Waals surface area contributed by atoms with Crippen molar-refractivity contribution in [2.24, 2.45) is 0 Å². The topological polar surface area (TPSA) is 0 Å². The summed E-state index contributed by atoms with van der Waals surface area (Å²) in [6.07, 6.45) is 0. The maximum Gasteiger partial charge on any atom is 0.0744 e. The van der Waals surface area contributed by atoms with E-state index in [1.807, 2.05) is 12.1 Å². The number of benzene rings is 2. The van der Waals surface area contributed by atoms with E-state index in [-0.39, 0.29) is 0 Å². The summed E-state index contributed by atoms with van der Waals surface area (Å²) in [6, 6.07) is 5.31. The van der Waals surface area contributed by atoms with Gasteiger partial charge in [0.1, 0.15) is 0 Å².